The van der Waals surface area contributed by atoms with Gasteiger partial charge in [-0.05, 0) is 25.9 Å². The Kier molecular flexibility index (Phi) is 5.88. The minimum Gasteiger partial charge on any atom is -0.350 e. The SMILES string of the molecule is CCCN(CC(=O)NC1CS(=O)(=O)CC1Cl)C1CCNC1. The highest BCUT2D eigenvalue weighted by atomic mass is 35.5. The number of hydrogen-bond donors (Lipinski definition) is 2. The number of nitrogens with zero attached hydrogens (tertiary/aromatic N) is 1. The Bertz CT molecular complexity index is 465. The Morgan fingerprint density at radius 3 is 2.71 bits per heavy atom. The van der Waals surface area contributed by atoms with E-state index in [2.05, 4.69) is 22.5 Å². The average molecular weight is 338 g/mol. The zero-order chi connectivity index (χ0) is 15.5. The number of sulfone groups is 1. The third-order valence-electron chi connectivity index (χ3n) is 4.04. The van der Waals surface area contributed by atoms with E-state index in [1.165, 1.54) is 0 Å². The molecule has 0 saturated carbocycles. The highest BCUT2D eigenvalue weighted by Gasteiger charge is 2.37. The Hall–Kier alpha value is -0.370. The number of carbonyl (C=O) groups excluding carboxylic acids is 1. The van der Waals surface area contributed by atoms with Crippen molar-refractivity contribution in [1.82, 2.24) is 15.5 Å². The summed E-state index contributed by atoms with van der Waals surface area (Å²) in [7, 11) is -3.11. The highest BCUT2D eigenvalue weighted by Crippen LogP contribution is 2.18. The molecule has 0 bridgehead atoms. The molecule has 0 aromatic heterocycles. The number of carbonyl (C=O) groups is 1. The summed E-state index contributed by atoms with van der Waals surface area (Å²) in [4.78, 5) is 14.3. The minimum absolute atomic E-state index is 0.0499. The lowest BCUT2D eigenvalue weighted by Crippen LogP contribution is -2.48. The first-order chi connectivity index (χ1) is 9.91. The normalized spacial score (nSPS) is 31.7. The van der Waals surface area contributed by atoms with Gasteiger partial charge in [-0.2, -0.15) is 0 Å². The van der Waals surface area contributed by atoms with Crippen LogP contribution in [0.4, 0.5) is 0 Å². The Morgan fingerprint density at radius 2 is 2.19 bits per heavy atom. The monoisotopic (exact) mass is 337 g/mol. The van der Waals surface area contributed by atoms with E-state index in [1.54, 1.807) is 0 Å². The van der Waals surface area contributed by atoms with Crippen LogP contribution in [0.5, 0.6) is 0 Å². The summed E-state index contributed by atoms with van der Waals surface area (Å²) < 4.78 is 23.0. The van der Waals surface area contributed by atoms with Crippen LogP contribution in [0.3, 0.4) is 0 Å². The largest absolute Gasteiger partial charge is 0.350 e. The molecular weight excluding hydrogens is 314 g/mol. The van der Waals surface area contributed by atoms with Gasteiger partial charge in [0.15, 0.2) is 9.84 Å². The van der Waals surface area contributed by atoms with Gasteiger partial charge in [-0.25, -0.2) is 8.42 Å². The van der Waals surface area contributed by atoms with Gasteiger partial charge in [0.05, 0.1) is 29.5 Å². The molecule has 21 heavy (non-hydrogen) atoms. The van der Waals surface area contributed by atoms with Crippen molar-refractivity contribution in [2.75, 3.05) is 37.7 Å². The molecule has 1 amide bonds. The quantitative estimate of drug-likeness (QED) is 0.644. The summed E-state index contributed by atoms with van der Waals surface area (Å²) in [5, 5.41) is 5.56. The standard InChI is InChI=1S/C13H24ClN3O3S/c1-2-5-17(10-3-4-15-6-10)7-13(18)16-12-9-21(19,20)8-11(12)14/h10-12,15H,2-9H2,1H3,(H,16,18). The molecule has 2 aliphatic rings. The van der Waals surface area contributed by atoms with Crippen molar-refractivity contribution < 1.29 is 13.2 Å². The Morgan fingerprint density at radius 1 is 1.43 bits per heavy atom. The van der Waals surface area contributed by atoms with Crippen LogP contribution in [0.15, 0.2) is 0 Å². The molecule has 2 N–H and O–H groups in total. The molecule has 0 aromatic carbocycles. The third-order valence-corrected chi connectivity index (χ3v) is 6.41. The predicted molar refractivity (Wildman–Crippen MR) is 83.4 cm³/mol. The van der Waals surface area contributed by atoms with Gasteiger partial charge in [0, 0.05) is 12.6 Å². The van der Waals surface area contributed by atoms with Crippen LogP contribution < -0.4 is 10.6 Å². The van der Waals surface area contributed by atoms with Gasteiger partial charge >= 0.3 is 0 Å². The lowest BCUT2D eigenvalue weighted by Gasteiger charge is -2.28. The van der Waals surface area contributed by atoms with Crippen LogP contribution in [-0.2, 0) is 14.6 Å². The Labute approximate surface area is 131 Å². The molecule has 3 unspecified atom stereocenters. The van der Waals surface area contributed by atoms with Crippen LogP contribution >= 0.6 is 11.6 Å². The third kappa shape index (κ3) is 4.81. The fourth-order valence-corrected chi connectivity index (χ4v) is 5.55. The average Bonchev–Trinajstić information content (AvgIpc) is 2.97. The van der Waals surface area contributed by atoms with E-state index < -0.39 is 21.3 Å². The van der Waals surface area contributed by atoms with Crippen molar-refractivity contribution in [3.8, 4) is 0 Å². The van der Waals surface area contributed by atoms with Crippen LogP contribution in [0.1, 0.15) is 19.8 Å². The molecule has 8 heteroatoms. The fourth-order valence-electron chi connectivity index (χ4n) is 3.00. The topological polar surface area (TPSA) is 78.5 Å². The number of amides is 1. The highest BCUT2D eigenvalue weighted by molar-refractivity contribution is 7.91. The van der Waals surface area contributed by atoms with Gasteiger partial charge in [0.2, 0.25) is 5.91 Å². The van der Waals surface area contributed by atoms with E-state index in [-0.39, 0.29) is 17.4 Å². The molecule has 3 atom stereocenters. The van der Waals surface area contributed by atoms with Crippen molar-refractivity contribution >= 4 is 27.3 Å². The molecule has 0 radical (unpaired) electrons. The molecule has 2 fully saturated rings. The molecule has 2 aliphatic heterocycles. The van der Waals surface area contributed by atoms with E-state index in [9.17, 15) is 13.2 Å². The Balaban J connectivity index is 1.87. The van der Waals surface area contributed by atoms with Crippen LogP contribution in [0.25, 0.3) is 0 Å². The first-order valence-electron chi connectivity index (χ1n) is 7.50. The second-order valence-corrected chi connectivity index (χ2v) is 8.60. The van der Waals surface area contributed by atoms with Crippen LogP contribution in [-0.4, -0.2) is 74.4 Å². The molecule has 0 aliphatic carbocycles. The van der Waals surface area contributed by atoms with E-state index in [4.69, 9.17) is 11.6 Å². The maximum absolute atomic E-state index is 12.2. The number of nitrogens with one attached hydrogen (secondary N) is 2. The molecule has 0 aromatic rings. The molecule has 2 rings (SSSR count). The maximum atomic E-state index is 12.2. The molecule has 2 saturated heterocycles. The van der Waals surface area contributed by atoms with E-state index in [0.29, 0.717) is 12.6 Å². The molecule has 0 spiro atoms. The maximum Gasteiger partial charge on any atom is 0.234 e. The van der Waals surface area contributed by atoms with Crippen molar-refractivity contribution in [2.24, 2.45) is 0 Å². The van der Waals surface area contributed by atoms with Crippen LogP contribution in [0, 0.1) is 0 Å². The van der Waals surface area contributed by atoms with Crippen molar-refractivity contribution in [3.05, 3.63) is 0 Å². The molecule has 6 nitrogen and oxygen atoms in total. The van der Waals surface area contributed by atoms with Gasteiger partial charge in [-0.1, -0.05) is 6.92 Å². The van der Waals surface area contributed by atoms with E-state index in [1.807, 2.05) is 0 Å². The fraction of sp³-hybridized carbons (Fsp3) is 0.923. The van der Waals surface area contributed by atoms with Gasteiger partial charge in [0.1, 0.15) is 0 Å². The summed E-state index contributed by atoms with van der Waals surface area (Å²) in [6.45, 7) is 5.15. The second-order valence-electron chi connectivity index (χ2n) is 5.88. The van der Waals surface area contributed by atoms with E-state index >= 15 is 0 Å². The minimum atomic E-state index is -3.11. The van der Waals surface area contributed by atoms with Gasteiger partial charge < -0.3 is 10.6 Å². The summed E-state index contributed by atoms with van der Waals surface area (Å²) >= 11 is 6.01. The summed E-state index contributed by atoms with van der Waals surface area (Å²) in [5.41, 5.74) is 0. The van der Waals surface area contributed by atoms with Gasteiger partial charge in [-0.15, -0.1) is 11.6 Å². The molecule has 2 heterocycles. The lowest BCUT2D eigenvalue weighted by molar-refractivity contribution is -0.123. The van der Waals surface area contributed by atoms with E-state index in [0.717, 1.165) is 32.5 Å². The zero-order valence-corrected chi connectivity index (χ0v) is 13.9. The first-order valence-corrected chi connectivity index (χ1v) is 9.75. The number of hydrogen-bond acceptors (Lipinski definition) is 5. The zero-order valence-electron chi connectivity index (χ0n) is 12.3. The molecule has 122 valence electrons. The molecular formula is C13H24ClN3O3S. The number of rotatable bonds is 6. The van der Waals surface area contributed by atoms with Crippen molar-refractivity contribution in [3.63, 3.8) is 0 Å². The van der Waals surface area contributed by atoms with Gasteiger partial charge in [-0.3, -0.25) is 9.69 Å². The summed E-state index contributed by atoms with van der Waals surface area (Å²) in [6.07, 6.45) is 2.03. The summed E-state index contributed by atoms with van der Waals surface area (Å²) in [5.74, 6) is -0.237. The lowest BCUT2D eigenvalue weighted by atomic mass is 10.2. The number of alkyl halides is 1. The first kappa shape index (κ1) is 17.0. The van der Waals surface area contributed by atoms with Gasteiger partial charge in [0.25, 0.3) is 0 Å². The second kappa shape index (κ2) is 7.26. The van der Waals surface area contributed by atoms with Crippen molar-refractivity contribution in [2.45, 2.75) is 37.2 Å². The summed E-state index contributed by atoms with van der Waals surface area (Å²) in [6, 6.07) is -0.0795. The smallest absolute Gasteiger partial charge is 0.234 e. The number of halogens is 1. The van der Waals surface area contributed by atoms with Crippen molar-refractivity contribution in [1.29, 1.82) is 0 Å². The van der Waals surface area contributed by atoms with Crippen LogP contribution in [0.2, 0.25) is 0 Å². The predicted octanol–water partition coefficient (Wildman–Crippen LogP) is -0.419.